The fraction of sp³-hybridized carbons (Fsp3) is 0.188. The van der Waals surface area contributed by atoms with Gasteiger partial charge in [-0.3, -0.25) is 4.79 Å². The van der Waals surface area contributed by atoms with Gasteiger partial charge in [0.2, 0.25) is 5.91 Å². The second-order valence-electron chi connectivity index (χ2n) is 4.52. The number of carbonyl (C=O) groups excluding carboxylic acids is 1. The summed E-state index contributed by atoms with van der Waals surface area (Å²) in [4.78, 5) is 12.0. The Morgan fingerprint density at radius 2 is 2.14 bits per heavy atom. The summed E-state index contributed by atoms with van der Waals surface area (Å²) in [6, 6.07) is 13.2. The molecule has 0 unspecified atom stereocenters. The molecule has 1 N–H and O–H groups in total. The highest BCUT2D eigenvalue weighted by molar-refractivity contribution is 9.10. The number of amides is 1. The largest absolute Gasteiger partial charge is 0.495 e. The van der Waals surface area contributed by atoms with Crippen LogP contribution in [0.2, 0.25) is 5.02 Å². The van der Waals surface area contributed by atoms with Gasteiger partial charge in [0.25, 0.3) is 0 Å². The molecule has 0 aliphatic carbocycles. The molecule has 0 aromatic heterocycles. The van der Waals surface area contributed by atoms with Gasteiger partial charge in [-0.1, -0.05) is 39.7 Å². The average molecular weight is 401 g/mol. The molecule has 0 bridgehead atoms. The van der Waals surface area contributed by atoms with E-state index in [0.29, 0.717) is 22.2 Å². The van der Waals surface area contributed by atoms with Crippen LogP contribution in [0.4, 0.5) is 5.69 Å². The summed E-state index contributed by atoms with van der Waals surface area (Å²) in [5.41, 5.74) is 1.76. The van der Waals surface area contributed by atoms with E-state index in [1.54, 1.807) is 37.1 Å². The SMILES string of the molecule is COc1ccc(Cl)cc1NC(=O)CSCc1cccc(Br)c1. The molecule has 0 spiro atoms. The lowest BCUT2D eigenvalue weighted by Crippen LogP contribution is -2.14. The van der Waals surface area contributed by atoms with Crippen molar-refractivity contribution in [3.05, 3.63) is 57.5 Å². The number of methoxy groups -OCH3 is 1. The van der Waals surface area contributed by atoms with Crippen LogP contribution in [0.25, 0.3) is 0 Å². The Balaban J connectivity index is 1.87. The molecule has 0 aliphatic heterocycles. The van der Waals surface area contributed by atoms with Crippen LogP contribution in [0.1, 0.15) is 5.56 Å². The van der Waals surface area contributed by atoms with Gasteiger partial charge in [0, 0.05) is 15.2 Å². The van der Waals surface area contributed by atoms with Gasteiger partial charge in [0.1, 0.15) is 5.75 Å². The molecule has 0 aliphatic rings. The molecule has 3 nitrogen and oxygen atoms in total. The van der Waals surface area contributed by atoms with E-state index >= 15 is 0 Å². The predicted molar refractivity (Wildman–Crippen MR) is 96.9 cm³/mol. The van der Waals surface area contributed by atoms with Gasteiger partial charge in [-0.2, -0.15) is 0 Å². The van der Waals surface area contributed by atoms with Crippen molar-refractivity contribution in [2.45, 2.75) is 5.75 Å². The third kappa shape index (κ3) is 5.23. The van der Waals surface area contributed by atoms with Crippen LogP contribution >= 0.6 is 39.3 Å². The standard InChI is InChI=1S/C16H15BrClNO2S/c1-21-15-6-5-13(18)8-14(15)19-16(20)10-22-9-11-3-2-4-12(17)7-11/h2-8H,9-10H2,1H3,(H,19,20). The van der Waals surface area contributed by atoms with E-state index in [1.165, 1.54) is 5.56 Å². The first kappa shape index (κ1) is 17.2. The number of halogens is 2. The summed E-state index contributed by atoms with van der Waals surface area (Å²) in [5, 5.41) is 3.38. The van der Waals surface area contributed by atoms with Crippen molar-refractivity contribution < 1.29 is 9.53 Å². The van der Waals surface area contributed by atoms with E-state index in [2.05, 4.69) is 21.2 Å². The lowest BCUT2D eigenvalue weighted by Gasteiger charge is -2.10. The molecule has 116 valence electrons. The molecule has 2 rings (SSSR count). The first-order chi connectivity index (χ1) is 10.6. The van der Waals surface area contributed by atoms with Crippen LogP contribution in [0.5, 0.6) is 5.75 Å². The van der Waals surface area contributed by atoms with Crippen molar-refractivity contribution >= 4 is 50.9 Å². The van der Waals surface area contributed by atoms with Crippen molar-refractivity contribution in [2.24, 2.45) is 0 Å². The zero-order valence-electron chi connectivity index (χ0n) is 11.9. The maximum atomic E-state index is 12.0. The van der Waals surface area contributed by atoms with Crippen molar-refractivity contribution in [1.82, 2.24) is 0 Å². The van der Waals surface area contributed by atoms with Gasteiger partial charge in [-0.25, -0.2) is 0 Å². The highest BCUT2D eigenvalue weighted by Crippen LogP contribution is 2.28. The normalized spacial score (nSPS) is 10.3. The molecule has 2 aromatic rings. The number of ether oxygens (including phenoxy) is 1. The topological polar surface area (TPSA) is 38.3 Å². The van der Waals surface area contributed by atoms with Crippen LogP contribution in [0, 0.1) is 0 Å². The predicted octanol–water partition coefficient (Wildman–Crippen LogP) is 4.98. The molecule has 0 saturated carbocycles. The van der Waals surface area contributed by atoms with Crippen LogP contribution < -0.4 is 10.1 Å². The summed E-state index contributed by atoms with van der Waals surface area (Å²) >= 11 is 10.9. The maximum Gasteiger partial charge on any atom is 0.234 e. The molecule has 0 heterocycles. The second kappa shape index (κ2) is 8.46. The highest BCUT2D eigenvalue weighted by Gasteiger charge is 2.08. The fourth-order valence-electron chi connectivity index (χ4n) is 1.85. The molecule has 0 radical (unpaired) electrons. The van der Waals surface area contributed by atoms with Crippen molar-refractivity contribution in [3.8, 4) is 5.75 Å². The van der Waals surface area contributed by atoms with E-state index < -0.39 is 0 Å². The van der Waals surface area contributed by atoms with Crippen LogP contribution in [0.15, 0.2) is 46.9 Å². The summed E-state index contributed by atoms with van der Waals surface area (Å²) in [7, 11) is 1.56. The van der Waals surface area contributed by atoms with Gasteiger partial charge in [0.15, 0.2) is 0 Å². The van der Waals surface area contributed by atoms with E-state index in [9.17, 15) is 4.79 Å². The smallest absolute Gasteiger partial charge is 0.234 e. The van der Waals surface area contributed by atoms with Crippen molar-refractivity contribution in [3.63, 3.8) is 0 Å². The fourth-order valence-corrected chi connectivity index (χ4v) is 3.25. The van der Waals surface area contributed by atoms with Crippen LogP contribution in [-0.2, 0) is 10.5 Å². The summed E-state index contributed by atoms with van der Waals surface area (Å²) in [6.07, 6.45) is 0. The van der Waals surface area contributed by atoms with Crippen molar-refractivity contribution in [2.75, 3.05) is 18.2 Å². The van der Waals surface area contributed by atoms with Crippen molar-refractivity contribution in [1.29, 1.82) is 0 Å². The van der Waals surface area contributed by atoms with Gasteiger partial charge in [0.05, 0.1) is 18.6 Å². The third-order valence-electron chi connectivity index (χ3n) is 2.83. The molecule has 1 amide bonds. The molecule has 0 atom stereocenters. The Labute approximate surface area is 147 Å². The van der Waals surface area contributed by atoms with E-state index in [1.807, 2.05) is 24.3 Å². The maximum absolute atomic E-state index is 12.0. The molecule has 0 saturated heterocycles. The summed E-state index contributed by atoms with van der Waals surface area (Å²) in [6.45, 7) is 0. The lowest BCUT2D eigenvalue weighted by atomic mass is 10.2. The Morgan fingerprint density at radius 1 is 1.32 bits per heavy atom. The van der Waals surface area contributed by atoms with Crippen LogP contribution in [-0.4, -0.2) is 18.8 Å². The number of thioether (sulfide) groups is 1. The Bertz CT molecular complexity index is 666. The van der Waals surface area contributed by atoms with Gasteiger partial charge < -0.3 is 10.1 Å². The first-order valence-electron chi connectivity index (χ1n) is 6.54. The zero-order chi connectivity index (χ0) is 15.9. The monoisotopic (exact) mass is 399 g/mol. The first-order valence-corrected chi connectivity index (χ1v) is 8.86. The number of anilines is 1. The van der Waals surface area contributed by atoms with Gasteiger partial charge >= 0.3 is 0 Å². The number of hydrogen-bond donors (Lipinski definition) is 1. The summed E-state index contributed by atoms with van der Waals surface area (Å²) < 4.78 is 6.24. The second-order valence-corrected chi connectivity index (χ2v) is 6.85. The number of rotatable bonds is 6. The van der Waals surface area contributed by atoms with E-state index in [0.717, 1.165) is 10.2 Å². The quantitative estimate of drug-likeness (QED) is 0.743. The lowest BCUT2D eigenvalue weighted by molar-refractivity contribution is -0.113. The molecule has 2 aromatic carbocycles. The number of carbonyl (C=O) groups is 1. The highest BCUT2D eigenvalue weighted by atomic mass is 79.9. The molecular formula is C16H15BrClNO2S. The van der Waals surface area contributed by atoms with Crippen LogP contribution in [0.3, 0.4) is 0 Å². The Morgan fingerprint density at radius 3 is 2.86 bits per heavy atom. The van der Waals surface area contributed by atoms with Gasteiger partial charge in [-0.05, 0) is 35.9 Å². The van der Waals surface area contributed by atoms with E-state index in [4.69, 9.17) is 16.3 Å². The zero-order valence-corrected chi connectivity index (χ0v) is 15.1. The minimum absolute atomic E-state index is 0.0828. The van der Waals surface area contributed by atoms with Gasteiger partial charge in [-0.15, -0.1) is 11.8 Å². The molecule has 6 heteroatoms. The molecule has 22 heavy (non-hydrogen) atoms. The average Bonchev–Trinajstić information content (AvgIpc) is 2.47. The number of nitrogens with one attached hydrogen (secondary N) is 1. The number of benzene rings is 2. The third-order valence-corrected chi connectivity index (χ3v) is 4.56. The Kier molecular flexibility index (Phi) is 6.61. The van der Waals surface area contributed by atoms with E-state index in [-0.39, 0.29) is 5.91 Å². The summed E-state index contributed by atoms with van der Waals surface area (Å²) in [5.74, 6) is 1.65. The number of hydrogen-bond acceptors (Lipinski definition) is 3. The molecule has 0 fully saturated rings. The minimum Gasteiger partial charge on any atom is -0.495 e. The Hall–Kier alpha value is -1.17. The minimum atomic E-state index is -0.0828. The molecular weight excluding hydrogens is 386 g/mol.